The van der Waals surface area contributed by atoms with Crippen LogP contribution in [0.5, 0.6) is 11.5 Å². The van der Waals surface area contributed by atoms with Gasteiger partial charge in [0.25, 0.3) is 0 Å². The van der Waals surface area contributed by atoms with E-state index in [9.17, 15) is 13.9 Å². The monoisotopic (exact) mass is 397 g/mol. The van der Waals surface area contributed by atoms with E-state index >= 15 is 0 Å². The van der Waals surface area contributed by atoms with Gasteiger partial charge in [-0.3, -0.25) is 0 Å². The normalized spacial score (nSPS) is 16.1. The first-order valence-electron chi connectivity index (χ1n) is 9.31. The second kappa shape index (κ2) is 7.87. The van der Waals surface area contributed by atoms with Gasteiger partial charge >= 0.3 is 0 Å². The van der Waals surface area contributed by atoms with Crippen molar-refractivity contribution in [3.63, 3.8) is 0 Å². The maximum Gasteiger partial charge on any atom is 0.193 e. The number of anilines is 4. The molecule has 1 fully saturated rings. The molecule has 5 nitrogen and oxygen atoms in total. The number of nitrogen functional groups attached to an aromatic ring is 1. The molecule has 1 aliphatic heterocycles. The zero-order chi connectivity index (χ0) is 20.4. The van der Waals surface area contributed by atoms with Gasteiger partial charge in [0.2, 0.25) is 0 Å². The number of rotatable bonds is 5. The van der Waals surface area contributed by atoms with Crippen molar-refractivity contribution in [1.82, 2.24) is 0 Å². The molecule has 1 heterocycles. The van der Waals surface area contributed by atoms with E-state index in [4.69, 9.17) is 10.5 Å². The molecule has 0 aromatic heterocycles. The second-order valence-corrected chi connectivity index (χ2v) is 6.94. The first-order chi connectivity index (χ1) is 14.0. The quantitative estimate of drug-likeness (QED) is 0.432. The predicted molar refractivity (Wildman–Crippen MR) is 110 cm³/mol. The van der Waals surface area contributed by atoms with Gasteiger partial charge in [0.1, 0.15) is 17.5 Å². The first-order valence-corrected chi connectivity index (χ1v) is 9.31. The van der Waals surface area contributed by atoms with Gasteiger partial charge in [-0.05, 0) is 36.4 Å². The maximum absolute atomic E-state index is 14.1. The fraction of sp³-hybridized carbons (Fsp3) is 0.182. The highest BCUT2D eigenvalue weighted by Gasteiger charge is 2.24. The lowest BCUT2D eigenvalue weighted by molar-refractivity contribution is 0.225. The van der Waals surface area contributed by atoms with Gasteiger partial charge < -0.3 is 25.8 Å². The van der Waals surface area contributed by atoms with Gasteiger partial charge in [-0.25, -0.2) is 8.78 Å². The summed E-state index contributed by atoms with van der Waals surface area (Å²) in [5.74, 6) is -2.41. The Balaban J connectivity index is 1.42. The molecule has 4 rings (SSSR count). The SMILES string of the molecule is Nc1cc(F)c(O)c(F)c1Nc1ccc(N2CC[C@@H](Oc3ccccc3)C2)cc1. The maximum atomic E-state index is 14.1. The standard InChI is InChI=1S/C22H21F2N3O2/c23-18-12-19(25)21(20(24)22(18)28)26-14-6-8-15(9-7-14)27-11-10-17(13-27)29-16-4-2-1-3-5-16/h1-9,12,17,26,28H,10-11,13,25H2/t17-/m1/s1. The third kappa shape index (κ3) is 4.03. The molecule has 0 unspecified atom stereocenters. The third-order valence-corrected chi connectivity index (χ3v) is 4.92. The molecular formula is C22H21F2N3O2. The van der Waals surface area contributed by atoms with E-state index in [0.717, 1.165) is 37.0 Å². The Morgan fingerprint density at radius 3 is 2.52 bits per heavy atom. The Kier molecular flexibility index (Phi) is 5.12. The van der Waals surface area contributed by atoms with Gasteiger partial charge in [0, 0.05) is 30.4 Å². The summed E-state index contributed by atoms with van der Waals surface area (Å²) in [5.41, 5.74) is 6.98. The first kappa shape index (κ1) is 18.9. The van der Waals surface area contributed by atoms with Crippen molar-refractivity contribution < 1.29 is 18.6 Å². The molecule has 29 heavy (non-hydrogen) atoms. The summed E-state index contributed by atoms with van der Waals surface area (Å²) in [7, 11) is 0. The van der Waals surface area contributed by atoms with E-state index < -0.39 is 17.4 Å². The molecule has 1 atom stereocenters. The summed E-state index contributed by atoms with van der Waals surface area (Å²) in [5, 5.41) is 12.2. The predicted octanol–water partition coefficient (Wildman–Crippen LogP) is 4.65. The van der Waals surface area contributed by atoms with E-state index in [2.05, 4.69) is 10.2 Å². The van der Waals surface area contributed by atoms with Crippen molar-refractivity contribution in [3.05, 3.63) is 72.3 Å². The molecule has 0 saturated carbocycles. The molecule has 0 amide bonds. The minimum Gasteiger partial charge on any atom is -0.503 e. The van der Waals surface area contributed by atoms with E-state index in [1.165, 1.54) is 0 Å². The van der Waals surface area contributed by atoms with Crippen LogP contribution in [0.4, 0.5) is 31.5 Å². The number of hydrogen-bond donors (Lipinski definition) is 3. The Morgan fingerprint density at radius 2 is 1.79 bits per heavy atom. The van der Waals surface area contributed by atoms with Crippen LogP contribution in [0.2, 0.25) is 0 Å². The van der Waals surface area contributed by atoms with Crippen LogP contribution in [0, 0.1) is 11.6 Å². The average molecular weight is 397 g/mol. The second-order valence-electron chi connectivity index (χ2n) is 6.94. The van der Waals surface area contributed by atoms with E-state index in [0.29, 0.717) is 5.69 Å². The number of benzene rings is 3. The molecule has 3 aromatic rings. The zero-order valence-corrected chi connectivity index (χ0v) is 15.6. The van der Waals surface area contributed by atoms with E-state index in [1.54, 1.807) is 12.1 Å². The Labute approximate surface area is 167 Å². The van der Waals surface area contributed by atoms with Crippen molar-refractivity contribution in [2.45, 2.75) is 12.5 Å². The molecule has 4 N–H and O–H groups in total. The van der Waals surface area contributed by atoms with Crippen LogP contribution >= 0.6 is 0 Å². The molecule has 0 spiro atoms. The number of nitrogens with zero attached hydrogens (tertiary/aromatic N) is 1. The minimum atomic E-state index is -1.12. The van der Waals surface area contributed by atoms with Crippen molar-refractivity contribution >= 4 is 22.7 Å². The van der Waals surface area contributed by atoms with Gasteiger partial charge in [0.15, 0.2) is 17.4 Å². The lowest BCUT2D eigenvalue weighted by Crippen LogP contribution is -2.24. The number of ether oxygens (including phenoxy) is 1. The van der Waals surface area contributed by atoms with Crippen molar-refractivity contribution in [3.8, 4) is 11.5 Å². The zero-order valence-electron chi connectivity index (χ0n) is 15.6. The van der Waals surface area contributed by atoms with E-state index in [-0.39, 0.29) is 17.5 Å². The molecule has 7 heteroatoms. The van der Waals surface area contributed by atoms with Crippen molar-refractivity contribution in [2.24, 2.45) is 0 Å². The Hall–Kier alpha value is -3.48. The summed E-state index contributed by atoms with van der Waals surface area (Å²) in [6.07, 6.45) is 1.04. The number of phenolic OH excluding ortho intramolecular Hbond substituents is 1. The van der Waals surface area contributed by atoms with Gasteiger partial charge in [-0.15, -0.1) is 0 Å². The molecule has 0 bridgehead atoms. The number of nitrogens with two attached hydrogens (primary N) is 1. The molecule has 0 radical (unpaired) electrons. The fourth-order valence-electron chi connectivity index (χ4n) is 3.40. The average Bonchev–Trinajstić information content (AvgIpc) is 3.19. The topological polar surface area (TPSA) is 70.8 Å². The van der Waals surface area contributed by atoms with Crippen LogP contribution in [0.15, 0.2) is 60.7 Å². The van der Waals surface area contributed by atoms with Gasteiger partial charge in [-0.2, -0.15) is 0 Å². The molecule has 0 aliphatic carbocycles. The van der Waals surface area contributed by atoms with Crippen molar-refractivity contribution in [1.29, 1.82) is 0 Å². The van der Waals surface area contributed by atoms with Crippen LogP contribution in [0.25, 0.3) is 0 Å². The van der Waals surface area contributed by atoms with Crippen LogP contribution in [-0.2, 0) is 0 Å². The van der Waals surface area contributed by atoms with Crippen molar-refractivity contribution in [2.75, 3.05) is 29.0 Å². The third-order valence-electron chi connectivity index (χ3n) is 4.92. The van der Waals surface area contributed by atoms with Crippen LogP contribution in [0.3, 0.4) is 0 Å². The summed E-state index contributed by atoms with van der Waals surface area (Å²) in [6.45, 7) is 1.65. The largest absolute Gasteiger partial charge is 0.503 e. The number of aromatic hydroxyl groups is 1. The molecular weight excluding hydrogens is 376 g/mol. The summed E-state index contributed by atoms with van der Waals surface area (Å²) >= 11 is 0. The fourth-order valence-corrected chi connectivity index (χ4v) is 3.40. The molecule has 1 saturated heterocycles. The van der Waals surface area contributed by atoms with Crippen LogP contribution < -0.4 is 20.7 Å². The van der Waals surface area contributed by atoms with Crippen LogP contribution in [-0.4, -0.2) is 24.3 Å². The number of phenols is 1. The Morgan fingerprint density at radius 1 is 1.07 bits per heavy atom. The summed E-state index contributed by atoms with van der Waals surface area (Å²) < 4.78 is 33.5. The van der Waals surface area contributed by atoms with Crippen LogP contribution in [0.1, 0.15) is 6.42 Å². The van der Waals surface area contributed by atoms with Gasteiger partial charge in [0.05, 0.1) is 12.2 Å². The minimum absolute atomic E-state index is 0.117. The Bertz CT molecular complexity index is 997. The molecule has 1 aliphatic rings. The number of halogens is 2. The highest BCUT2D eigenvalue weighted by Crippen LogP contribution is 2.35. The molecule has 3 aromatic carbocycles. The lowest BCUT2D eigenvalue weighted by Gasteiger charge is -2.20. The summed E-state index contributed by atoms with van der Waals surface area (Å²) in [4.78, 5) is 2.22. The number of nitrogens with one attached hydrogen (secondary N) is 1. The number of hydrogen-bond acceptors (Lipinski definition) is 5. The lowest BCUT2D eigenvalue weighted by atomic mass is 10.2. The molecule has 150 valence electrons. The number of para-hydroxylation sites is 1. The van der Waals surface area contributed by atoms with Gasteiger partial charge in [-0.1, -0.05) is 18.2 Å². The summed E-state index contributed by atoms with van der Waals surface area (Å²) in [6, 6.07) is 18.0. The van der Waals surface area contributed by atoms with E-state index in [1.807, 2.05) is 42.5 Å². The highest BCUT2D eigenvalue weighted by atomic mass is 19.1. The highest BCUT2D eigenvalue weighted by molar-refractivity contribution is 5.75. The smallest absolute Gasteiger partial charge is 0.193 e.